The summed E-state index contributed by atoms with van der Waals surface area (Å²) in [5, 5.41) is 12.4. The second-order valence-electron chi connectivity index (χ2n) is 8.80. The highest BCUT2D eigenvalue weighted by Crippen LogP contribution is 2.32. The van der Waals surface area contributed by atoms with Crippen LogP contribution in [0.5, 0.6) is 0 Å². The Labute approximate surface area is 222 Å². The number of aryl methyl sites for hydroxylation is 1. The van der Waals surface area contributed by atoms with E-state index < -0.39 is 0 Å². The molecule has 5 aromatic rings. The summed E-state index contributed by atoms with van der Waals surface area (Å²) in [7, 11) is 0. The first kappa shape index (κ1) is 26.1. The van der Waals surface area contributed by atoms with Gasteiger partial charge in [-0.25, -0.2) is 4.98 Å². The van der Waals surface area contributed by atoms with E-state index in [0.29, 0.717) is 16.5 Å². The van der Waals surface area contributed by atoms with Gasteiger partial charge in [0.2, 0.25) is 0 Å². The number of aromatic nitrogens is 4. The minimum atomic E-state index is 0.357. The predicted molar refractivity (Wildman–Crippen MR) is 155 cm³/mol. The molecule has 37 heavy (non-hydrogen) atoms. The predicted octanol–water partition coefficient (Wildman–Crippen LogP) is 7.40. The van der Waals surface area contributed by atoms with Gasteiger partial charge in [-0.05, 0) is 61.7 Å². The van der Waals surface area contributed by atoms with Crippen molar-refractivity contribution in [2.75, 3.05) is 11.9 Å². The molecule has 0 amide bonds. The highest BCUT2D eigenvalue weighted by molar-refractivity contribution is 6.29. The molecule has 0 atom stereocenters. The van der Waals surface area contributed by atoms with Crippen molar-refractivity contribution < 1.29 is 0 Å². The van der Waals surface area contributed by atoms with Crippen molar-refractivity contribution in [3.8, 4) is 22.4 Å². The third-order valence-corrected chi connectivity index (χ3v) is 6.17. The Morgan fingerprint density at radius 2 is 1.81 bits per heavy atom. The molecule has 4 N–H and O–H groups in total. The van der Waals surface area contributed by atoms with E-state index in [1.54, 1.807) is 6.20 Å². The van der Waals surface area contributed by atoms with Crippen LogP contribution in [-0.4, -0.2) is 26.7 Å². The Morgan fingerprint density at radius 3 is 2.54 bits per heavy atom. The fourth-order valence-corrected chi connectivity index (χ4v) is 4.15. The van der Waals surface area contributed by atoms with Crippen LogP contribution in [0.4, 0.5) is 5.69 Å². The summed E-state index contributed by atoms with van der Waals surface area (Å²) in [6, 6.07) is 20.7. The van der Waals surface area contributed by atoms with Crippen LogP contribution >= 0.6 is 11.6 Å². The molecule has 0 fully saturated rings. The van der Waals surface area contributed by atoms with Crippen LogP contribution in [0, 0.1) is 13.8 Å². The van der Waals surface area contributed by atoms with E-state index in [-0.39, 0.29) is 0 Å². The average Bonchev–Trinajstić information content (AvgIpc) is 3.33. The summed E-state index contributed by atoms with van der Waals surface area (Å²) in [5.41, 5.74) is 14.8. The molecule has 2 aromatic heterocycles. The molecule has 6 nitrogen and oxygen atoms in total. The summed E-state index contributed by atoms with van der Waals surface area (Å²) in [4.78, 5) is 8.51. The van der Waals surface area contributed by atoms with Crippen molar-refractivity contribution in [2.24, 2.45) is 5.73 Å². The van der Waals surface area contributed by atoms with Gasteiger partial charge in [-0.3, -0.25) is 10.1 Å². The second-order valence-corrected chi connectivity index (χ2v) is 9.19. The quantitative estimate of drug-likeness (QED) is 0.221. The van der Waals surface area contributed by atoms with Crippen molar-refractivity contribution in [1.82, 2.24) is 20.2 Å². The monoisotopic (exact) mass is 510 g/mol. The molecule has 2 heterocycles. The average molecular weight is 511 g/mol. The van der Waals surface area contributed by atoms with Gasteiger partial charge in [0, 0.05) is 16.6 Å². The highest BCUT2D eigenvalue weighted by Gasteiger charge is 2.14. The lowest BCUT2D eigenvalue weighted by Gasteiger charge is -2.15. The molecule has 0 unspecified atom stereocenters. The smallest absolute Gasteiger partial charge is 0.148 e. The van der Waals surface area contributed by atoms with E-state index in [1.165, 1.54) is 22.9 Å². The van der Waals surface area contributed by atoms with Crippen molar-refractivity contribution in [3.05, 3.63) is 102 Å². The molecule has 0 spiro atoms. The number of nitrogens with zero attached hydrogens (tertiary/aromatic N) is 3. The summed E-state index contributed by atoms with van der Waals surface area (Å²) < 4.78 is 0. The van der Waals surface area contributed by atoms with Crippen LogP contribution in [0.15, 0.2) is 79.6 Å². The number of hydrogen-bond donors (Lipinski definition) is 3. The lowest BCUT2D eigenvalue weighted by atomic mass is 9.97. The number of nitrogens with two attached hydrogens (primary N) is 1. The Balaban J connectivity index is 0.000000747. The Kier molecular flexibility index (Phi) is 8.33. The van der Waals surface area contributed by atoms with Gasteiger partial charge < -0.3 is 11.1 Å². The van der Waals surface area contributed by atoms with E-state index in [4.69, 9.17) is 17.3 Å². The minimum absolute atomic E-state index is 0.357. The first-order chi connectivity index (χ1) is 17.9. The molecule has 0 aliphatic carbocycles. The van der Waals surface area contributed by atoms with Crippen molar-refractivity contribution >= 4 is 33.9 Å². The van der Waals surface area contributed by atoms with Crippen LogP contribution < -0.4 is 11.1 Å². The molecule has 0 saturated carbocycles. The number of halogens is 1. The topological polar surface area (TPSA) is 92.5 Å². The van der Waals surface area contributed by atoms with Gasteiger partial charge in [-0.15, -0.1) is 0 Å². The maximum Gasteiger partial charge on any atom is 0.148 e. The standard InChI is InChI=1S/C27H22ClN5.C3H9N/c1-16-6-4-7-19(12-16)21-8-5-9-23(17(21)2)30-18(3)27-22-13-20(10-11-24(22)32-33-27)25-14-29-15-26(28)31-25;1-2-3-4/h4-15,30H,3H2,1-2H3,(H,32,33);2-4H2,1H3. The molecule has 0 radical (unpaired) electrons. The fraction of sp³-hybridized carbons (Fsp3) is 0.167. The lowest BCUT2D eigenvalue weighted by molar-refractivity contribution is 0.932. The van der Waals surface area contributed by atoms with Crippen LogP contribution in [0.25, 0.3) is 39.0 Å². The van der Waals surface area contributed by atoms with Crippen LogP contribution in [-0.2, 0) is 0 Å². The molecule has 188 valence electrons. The first-order valence-corrected chi connectivity index (χ1v) is 12.6. The fourth-order valence-electron chi connectivity index (χ4n) is 4.00. The van der Waals surface area contributed by atoms with E-state index in [0.717, 1.165) is 46.4 Å². The van der Waals surface area contributed by atoms with Crippen LogP contribution in [0.2, 0.25) is 5.15 Å². The third kappa shape index (κ3) is 6.05. The zero-order valence-corrected chi connectivity index (χ0v) is 22.1. The van der Waals surface area contributed by atoms with E-state index >= 15 is 0 Å². The van der Waals surface area contributed by atoms with Gasteiger partial charge in [0.1, 0.15) is 10.8 Å². The highest BCUT2D eigenvalue weighted by atomic mass is 35.5. The van der Waals surface area contributed by atoms with E-state index in [1.807, 2.05) is 18.2 Å². The number of aromatic amines is 1. The molecule has 0 aliphatic rings. The summed E-state index contributed by atoms with van der Waals surface area (Å²) in [5.74, 6) is 0. The molecule has 3 aromatic carbocycles. The van der Waals surface area contributed by atoms with Crippen LogP contribution in [0.1, 0.15) is 30.2 Å². The number of hydrogen-bond acceptors (Lipinski definition) is 5. The van der Waals surface area contributed by atoms with Crippen LogP contribution in [0.3, 0.4) is 0 Å². The number of rotatable bonds is 6. The SMILES string of the molecule is C=C(Nc1cccc(-c2cccc(C)c2)c1C)c1n[nH]c2ccc(-c3cncc(Cl)n3)cc12.CCCN. The van der Waals surface area contributed by atoms with Gasteiger partial charge in [0.25, 0.3) is 0 Å². The zero-order chi connectivity index (χ0) is 26.4. The summed E-state index contributed by atoms with van der Waals surface area (Å²) >= 11 is 6.03. The van der Waals surface area contributed by atoms with Gasteiger partial charge in [0.15, 0.2) is 0 Å². The number of nitrogens with one attached hydrogen (secondary N) is 2. The summed E-state index contributed by atoms with van der Waals surface area (Å²) in [6.45, 7) is 11.4. The first-order valence-electron chi connectivity index (χ1n) is 12.2. The van der Waals surface area contributed by atoms with Crippen molar-refractivity contribution in [2.45, 2.75) is 27.2 Å². The van der Waals surface area contributed by atoms with E-state index in [2.05, 4.69) is 95.3 Å². The third-order valence-electron chi connectivity index (χ3n) is 5.99. The second kappa shape index (κ2) is 11.8. The van der Waals surface area contributed by atoms with Gasteiger partial charge >= 0.3 is 0 Å². The maximum absolute atomic E-state index is 6.03. The number of fused-ring (bicyclic) bond motifs is 1. The molecule has 0 saturated heterocycles. The molecular formula is C30H31ClN6. The summed E-state index contributed by atoms with van der Waals surface area (Å²) in [6.07, 6.45) is 4.31. The van der Waals surface area contributed by atoms with Gasteiger partial charge in [-0.1, -0.05) is 73.1 Å². The minimum Gasteiger partial charge on any atom is -0.354 e. The zero-order valence-electron chi connectivity index (χ0n) is 21.3. The van der Waals surface area contributed by atoms with Gasteiger partial charge in [-0.2, -0.15) is 5.10 Å². The number of anilines is 1. The number of H-pyrrole nitrogens is 1. The lowest BCUT2D eigenvalue weighted by Crippen LogP contribution is -2.01. The van der Waals surface area contributed by atoms with Crippen molar-refractivity contribution in [1.29, 1.82) is 0 Å². The molecule has 5 rings (SSSR count). The molecule has 0 aliphatic heterocycles. The van der Waals surface area contributed by atoms with Gasteiger partial charge in [0.05, 0.1) is 29.3 Å². The molecule has 0 bridgehead atoms. The van der Waals surface area contributed by atoms with E-state index in [9.17, 15) is 0 Å². The molecule has 7 heteroatoms. The Hall–Kier alpha value is -4.00. The number of benzene rings is 3. The molecular weight excluding hydrogens is 480 g/mol. The normalized spacial score (nSPS) is 10.6. The largest absolute Gasteiger partial charge is 0.354 e. The maximum atomic E-state index is 6.03. The van der Waals surface area contributed by atoms with Crippen molar-refractivity contribution in [3.63, 3.8) is 0 Å². The Morgan fingerprint density at radius 1 is 1.03 bits per heavy atom. The Bertz CT molecular complexity index is 1540.